The third-order valence-corrected chi connectivity index (χ3v) is 5.82. The third kappa shape index (κ3) is 2.90. The van der Waals surface area contributed by atoms with Crippen molar-refractivity contribution in [2.24, 2.45) is 11.8 Å². The van der Waals surface area contributed by atoms with E-state index in [1.165, 1.54) is 45.4 Å². The monoisotopic (exact) mass is 326 g/mol. The Hall–Kier alpha value is -1.61. The number of ether oxygens (including phenoxy) is 2. The quantitative estimate of drug-likeness (QED) is 0.437. The van der Waals surface area contributed by atoms with Crippen LogP contribution in [0.15, 0.2) is 35.9 Å². The molecule has 4 rings (SSSR count). The molecule has 0 bridgehead atoms. The molecule has 1 aromatic carbocycles. The lowest BCUT2D eigenvalue weighted by Gasteiger charge is -2.47. The molecule has 0 unspecified atom stereocenters. The van der Waals surface area contributed by atoms with E-state index in [0.717, 1.165) is 12.0 Å². The molecule has 1 heterocycles. The van der Waals surface area contributed by atoms with Gasteiger partial charge in [-0.3, -0.25) is 4.79 Å². The Balaban J connectivity index is 1.71. The van der Waals surface area contributed by atoms with Gasteiger partial charge in [0.15, 0.2) is 0 Å². The first kappa shape index (κ1) is 15.9. The van der Waals surface area contributed by atoms with Gasteiger partial charge in [-0.15, -0.1) is 0 Å². The molecule has 128 valence electrons. The summed E-state index contributed by atoms with van der Waals surface area (Å²) in [5, 5.41) is 0. The summed E-state index contributed by atoms with van der Waals surface area (Å²) >= 11 is 0. The van der Waals surface area contributed by atoms with E-state index in [1.807, 2.05) is 18.2 Å². The van der Waals surface area contributed by atoms with E-state index in [9.17, 15) is 4.79 Å². The number of allylic oxidation sites excluding steroid dienone is 1. The largest absolute Gasteiger partial charge is 0.426 e. The topological polar surface area (TPSA) is 35.5 Å². The highest BCUT2D eigenvalue weighted by Gasteiger charge is 2.44. The van der Waals surface area contributed by atoms with Crippen molar-refractivity contribution < 1.29 is 14.3 Å². The van der Waals surface area contributed by atoms with E-state index in [0.29, 0.717) is 23.7 Å². The van der Waals surface area contributed by atoms with Crippen LogP contribution in [0.4, 0.5) is 0 Å². The normalized spacial score (nSPS) is 32.3. The van der Waals surface area contributed by atoms with Gasteiger partial charge < -0.3 is 9.47 Å². The van der Waals surface area contributed by atoms with Gasteiger partial charge in [0.05, 0.1) is 12.2 Å². The predicted molar refractivity (Wildman–Crippen MR) is 92.7 cm³/mol. The number of benzene rings is 1. The van der Waals surface area contributed by atoms with Crippen LogP contribution in [0.1, 0.15) is 63.5 Å². The lowest BCUT2D eigenvalue weighted by atomic mass is 9.68. The summed E-state index contributed by atoms with van der Waals surface area (Å²) in [6.45, 7) is 1.46. The van der Waals surface area contributed by atoms with E-state index in [4.69, 9.17) is 9.47 Å². The Morgan fingerprint density at radius 3 is 2.75 bits per heavy atom. The molecular formula is C21H26O3. The number of para-hydroxylation sites is 1. The molecular weight excluding hydrogens is 300 g/mol. The van der Waals surface area contributed by atoms with Gasteiger partial charge in [0.1, 0.15) is 5.75 Å². The van der Waals surface area contributed by atoms with E-state index in [-0.39, 0.29) is 12.1 Å². The van der Waals surface area contributed by atoms with Gasteiger partial charge in [-0.05, 0) is 38.2 Å². The molecule has 24 heavy (non-hydrogen) atoms. The van der Waals surface area contributed by atoms with Crippen LogP contribution in [0, 0.1) is 11.8 Å². The zero-order valence-electron chi connectivity index (χ0n) is 14.4. The van der Waals surface area contributed by atoms with Crippen LogP contribution < -0.4 is 4.74 Å². The fourth-order valence-electron chi connectivity index (χ4n) is 4.85. The van der Waals surface area contributed by atoms with E-state index >= 15 is 0 Å². The van der Waals surface area contributed by atoms with Crippen molar-refractivity contribution in [1.82, 2.24) is 0 Å². The zero-order valence-corrected chi connectivity index (χ0v) is 14.4. The highest BCUT2D eigenvalue weighted by molar-refractivity contribution is 5.69. The Morgan fingerprint density at radius 1 is 1.08 bits per heavy atom. The maximum atomic E-state index is 11.5. The van der Waals surface area contributed by atoms with Gasteiger partial charge in [0.25, 0.3) is 0 Å². The van der Waals surface area contributed by atoms with Gasteiger partial charge in [0, 0.05) is 24.3 Å². The number of carbonyl (C=O) groups excluding carboxylic acids is 1. The molecule has 1 saturated heterocycles. The average molecular weight is 326 g/mol. The standard InChI is InChI=1S/C21H26O3/c1-14(22)23-20-13-7-5-11-18(20)21-17-10-3-2-8-15(17)16-9-4-6-12-19(16)24-21/h5,7-8,11,13,16-17,19,21H,2-4,6,9-10,12H2,1H3/t16-,17-,19-,21+/m0/s1. The number of rotatable bonds is 2. The number of hydrogen-bond donors (Lipinski definition) is 0. The van der Waals surface area contributed by atoms with E-state index in [2.05, 4.69) is 12.1 Å². The minimum absolute atomic E-state index is 0.0199. The number of fused-ring (bicyclic) bond motifs is 3. The minimum atomic E-state index is -0.270. The van der Waals surface area contributed by atoms with Gasteiger partial charge >= 0.3 is 5.97 Å². The molecule has 3 nitrogen and oxygen atoms in total. The van der Waals surface area contributed by atoms with Crippen LogP contribution in [0.2, 0.25) is 0 Å². The summed E-state index contributed by atoms with van der Waals surface area (Å²) in [7, 11) is 0. The highest BCUT2D eigenvalue weighted by atomic mass is 16.5. The lowest BCUT2D eigenvalue weighted by molar-refractivity contribution is -0.132. The molecule has 2 fully saturated rings. The number of esters is 1. The summed E-state index contributed by atoms with van der Waals surface area (Å²) in [6.07, 6.45) is 11.4. The molecule has 1 aliphatic heterocycles. The maximum absolute atomic E-state index is 11.5. The summed E-state index contributed by atoms with van der Waals surface area (Å²) in [6, 6.07) is 7.90. The van der Waals surface area contributed by atoms with Crippen molar-refractivity contribution in [3.8, 4) is 5.75 Å². The Labute approximate surface area is 144 Å². The molecule has 0 N–H and O–H groups in total. The summed E-state index contributed by atoms with van der Waals surface area (Å²) in [5.41, 5.74) is 2.66. The van der Waals surface area contributed by atoms with Crippen molar-refractivity contribution in [3.63, 3.8) is 0 Å². The van der Waals surface area contributed by atoms with Crippen molar-refractivity contribution in [2.45, 2.75) is 64.1 Å². The average Bonchev–Trinajstić information content (AvgIpc) is 2.61. The Kier molecular flexibility index (Phi) is 4.45. The minimum Gasteiger partial charge on any atom is -0.426 e. The first-order valence-electron chi connectivity index (χ1n) is 9.37. The Morgan fingerprint density at radius 2 is 1.88 bits per heavy atom. The molecule has 1 aromatic rings. The van der Waals surface area contributed by atoms with Crippen LogP contribution in [0.3, 0.4) is 0 Å². The second-order valence-electron chi connectivity index (χ2n) is 7.36. The fraction of sp³-hybridized carbons (Fsp3) is 0.571. The second-order valence-corrected chi connectivity index (χ2v) is 7.36. The first-order valence-corrected chi connectivity index (χ1v) is 9.37. The second kappa shape index (κ2) is 6.72. The van der Waals surface area contributed by atoms with Crippen LogP contribution in [-0.4, -0.2) is 12.1 Å². The van der Waals surface area contributed by atoms with E-state index in [1.54, 1.807) is 5.57 Å². The molecule has 1 saturated carbocycles. The van der Waals surface area contributed by atoms with E-state index < -0.39 is 0 Å². The van der Waals surface area contributed by atoms with Crippen LogP contribution in [0.25, 0.3) is 0 Å². The number of hydrogen-bond acceptors (Lipinski definition) is 3. The Bertz CT molecular complexity index is 648. The smallest absolute Gasteiger partial charge is 0.308 e. The summed E-state index contributed by atoms with van der Waals surface area (Å²) < 4.78 is 12.1. The van der Waals surface area contributed by atoms with Gasteiger partial charge in [-0.25, -0.2) is 0 Å². The molecule has 0 radical (unpaired) electrons. The third-order valence-electron chi connectivity index (χ3n) is 5.82. The van der Waals surface area contributed by atoms with Crippen molar-refractivity contribution in [3.05, 3.63) is 41.5 Å². The van der Waals surface area contributed by atoms with Gasteiger partial charge in [-0.1, -0.05) is 42.7 Å². The molecule has 3 aliphatic rings. The van der Waals surface area contributed by atoms with Gasteiger partial charge in [0.2, 0.25) is 0 Å². The van der Waals surface area contributed by atoms with Crippen molar-refractivity contribution >= 4 is 5.97 Å². The zero-order chi connectivity index (χ0) is 16.5. The van der Waals surface area contributed by atoms with Crippen LogP contribution >= 0.6 is 0 Å². The molecule has 4 atom stereocenters. The molecule has 0 aromatic heterocycles. The maximum Gasteiger partial charge on any atom is 0.308 e. The van der Waals surface area contributed by atoms with Crippen LogP contribution in [0.5, 0.6) is 5.75 Å². The first-order chi connectivity index (χ1) is 11.7. The lowest BCUT2D eigenvalue weighted by Crippen LogP contribution is -2.41. The van der Waals surface area contributed by atoms with Crippen molar-refractivity contribution in [2.75, 3.05) is 0 Å². The SMILES string of the molecule is CC(=O)Oc1ccccc1[C@@H]1O[C@H]2CCCC[C@H]2C2=CCCC[C@@H]21. The van der Waals surface area contributed by atoms with Crippen molar-refractivity contribution in [1.29, 1.82) is 0 Å². The molecule has 0 spiro atoms. The summed E-state index contributed by atoms with van der Waals surface area (Å²) in [5.74, 6) is 1.44. The predicted octanol–water partition coefficient (Wildman–Crippen LogP) is 4.97. The van der Waals surface area contributed by atoms with Gasteiger partial charge in [-0.2, -0.15) is 0 Å². The highest BCUT2D eigenvalue weighted by Crippen LogP contribution is 2.52. The number of carbonyl (C=O) groups is 1. The van der Waals surface area contributed by atoms with Crippen LogP contribution in [-0.2, 0) is 9.53 Å². The molecule has 2 aliphatic carbocycles. The molecule has 3 heteroatoms. The molecule has 0 amide bonds. The fourth-order valence-corrected chi connectivity index (χ4v) is 4.85. The summed E-state index contributed by atoms with van der Waals surface area (Å²) in [4.78, 5) is 11.5.